The zero-order chi connectivity index (χ0) is 12.3. The molecule has 0 N–H and O–H groups in total. The Labute approximate surface area is 113 Å². The summed E-state index contributed by atoms with van der Waals surface area (Å²) in [5, 5.41) is 0. The van der Waals surface area contributed by atoms with Crippen LogP contribution in [0.15, 0.2) is 22.8 Å². The average Bonchev–Trinajstić information content (AvgIpc) is 2.39. The maximum Gasteiger partial charge on any atom is 0.142 e. The van der Waals surface area contributed by atoms with Crippen LogP contribution >= 0.6 is 15.9 Å². The molecule has 0 amide bonds. The van der Waals surface area contributed by atoms with E-state index in [0.717, 1.165) is 16.2 Å². The van der Waals surface area contributed by atoms with Gasteiger partial charge in [-0.2, -0.15) is 0 Å². The van der Waals surface area contributed by atoms with Gasteiger partial charge < -0.3 is 4.90 Å². The molecule has 2 rings (SSSR count). The molecule has 0 saturated heterocycles. The Balaban J connectivity index is 2.02. The molecule has 0 aliphatic heterocycles. The topological polar surface area (TPSA) is 16.1 Å². The minimum absolute atomic E-state index is 0.656. The van der Waals surface area contributed by atoms with Crippen molar-refractivity contribution >= 4 is 21.7 Å². The monoisotopic (exact) mass is 296 g/mol. The molecule has 2 nitrogen and oxygen atoms in total. The fourth-order valence-corrected chi connectivity index (χ4v) is 3.28. The first-order valence-electron chi connectivity index (χ1n) is 6.55. The van der Waals surface area contributed by atoms with E-state index in [2.05, 4.69) is 45.9 Å². The summed E-state index contributed by atoms with van der Waals surface area (Å²) in [4.78, 5) is 6.81. The molecule has 17 heavy (non-hydrogen) atoms. The van der Waals surface area contributed by atoms with Gasteiger partial charge in [-0.3, -0.25) is 0 Å². The van der Waals surface area contributed by atoms with Crippen molar-refractivity contribution in [3.05, 3.63) is 22.8 Å². The van der Waals surface area contributed by atoms with Crippen LogP contribution in [-0.4, -0.2) is 18.1 Å². The van der Waals surface area contributed by atoms with Gasteiger partial charge in [-0.25, -0.2) is 4.98 Å². The van der Waals surface area contributed by atoms with Crippen molar-refractivity contribution in [3.8, 4) is 0 Å². The van der Waals surface area contributed by atoms with Gasteiger partial charge in [0, 0.05) is 19.3 Å². The Morgan fingerprint density at radius 1 is 1.35 bits per heavy atom. The molecule has 94 valence electrons. The number of anilines is 1. The summed E-state index contributed by atoms with van der Waals surface area (Å²) in [5.74, 6) is 2.03. The van der Waals surface area contributed by atoms with Gasteiger partial charge in [0.25, 0.3) is 0 Å². The predicted molar refractivity (Wildman–Crippen MR) is 76.4 cm³/mol. The van der Waals surface area contributed by atoms with Crippen molar-refractivity contribution in [3.63, 3.8) is 0 Å². The van der Waals surface area contributed by atoms with Crippen LogP contribution in [0.3, 0.4) is 0 Å². The molecule has 3 heteroatoms. The molecule has 1 aromatic heterocycles. The van der Waals surface area contributed by atoms with E-state index in [1.165, 1.54) is 32.1 Å². The number of hydrogen-bond acceptors (Lipinski definition) is 2. The van der Waals surface area contributed by atoms with Gasteiger partial charge in [-0.1, -0.05) is 13.3 Å². The number of halogens is 1. The molecule has 0 radical (unpaired) electrons. The fourth-order valence-electron chi connectivity index (χ4n) is 2.75. The Kier molecular flexibility index (Phi) is 4.43. The molecular formula is C14H21BrN2. The normalized spacial score (nSPS) is 24.6. The molecule has 1 saturated carbocycles. The number of rotatable bonds is 3. The molecule has 1 aliphatic carbocycles. The van der Waals surface area contributed by atoms with Crippen molar-refractivity contribution in [2.75, 3.05) is 11.9 Å². The Hall–Kier alpha value is -0.570. The highest BCUT2D eigenvalue weighted by atomic mass is 79.9. The van der Waals surface area contributed by atoms with Gasteiger partial charge in [0.15, 0.2) is 0 Å². The SMILES string of the molecule is CCC1CCC(N(C)c2ncccc2Br)CC1. The second kappa shape index (κ2) is 5.85. The van der Waals surface area contributed by atoms with E-state index in [1.54, 1.807) is 0 Å². The van der Waals surface area contributed by atoms with Crippen molar-refractivity contribution in [2.45, 2.75) is 45.1 Å². The van der Waals surface area contributed by atoms with Crippen LogP contribution in [0.25, 0.3) is 0 Å². The van der Waals surface area contributed by atoms with E-state index in [9.17, 15) is 0 Å². The molecule has 0 unspecified atom stereocenters. The first kappa shape index (κ1) is 12.9. The van der Waals surface area contributed by atoms with Crippen LogP contribution in [0.1, 0.15) is 39.0 Å². The maximum absolute atomic E-state index is 4.47. The third-order valence-corrected chi connectivity index (χ3v) is 4.63. The van der Waals surface area contributed by atoms with Gasteiger partial charge in [0.05, 0.1) is 4.47 Å². The second-order valence-corrected chi connectivity index (χ2v) is 5.86. The lowest BCUT2D eigenvalue weighted by Gasteiger charge is -2.35. The summed E-state index contributed by atoms with van der Waals surface area (Å²) in [7, 11) is 2.17. The number of nitrogens with zero attached hydrogens (tertiary/aromatic N) is 2. The van der Waals surface area contributed by atoms with Crippen molar-refractivity contribution in [1.29, 1.82) is 0 Å². The largest absolute Gasteiger partial charge is 0.356 e. The highest BCUT2D eigenvalue weighted by Gasteiger charge is 2.24. The molecule has 1 aliphatic rings. The molecule has 0 bridgehead atoms. The summed E-state index contributed by atoms with van der Waals surface area (Å²) >= 11 is 3.58. The maximum atomic E-state index is 4.47. The third kappa shape index (κ3) is 3.01. The van der Waals surface area contributed by atoms with E-state index in [4.69, 9.17) is 0 Å². The minimum atomic E-state index is 0.656. The van der Waals surface area contributed by atoms with Crippen LogP contribution in [0, 0.1) is 5.92 Å². The zero-order valence-electron chi connectivity index (χ0n) is 10.7. The van der Waals surface area contributed by atoms with E-state index in [0.29, 0.717) is 6.04 Å². The zero-order valence-corrected chi connectivity index (χ0v) is 12.3. The summed E-state index contributed by atoms with van der Waals surface area (Å²) in [6.45, 7) is 2.31. The van der Waals surface area contributed by atoms with Gasteiger partial charge in [0.1, 0.15) is 5.82 Å². The number of aromatic nitrogens is 1. The fraction of sp³-hybridized carbons (Fsp3) is 0.643. The van der Waals surface area contributed by atoms with Crippen molar-refractivity contribution < 1.29 is 0 Å². The molecule has 1 aromatic rings. The molecule has 1 heterocycles. The van der Waals surface area contributed by atoms with Crippen LogP contribution in [0.4, 0.5) is 5.82 Å². The summed E-state index contributed by atoms with van der Waals surface area (Å²) < 4.78 is 1.10. The molecule has 0 aromatic carbocycles. The lowest BCUT2D eigenvalue weighted by molar-refractivity contribution is 0.313. The average molecular weight is 297 g/mol. The molecule has 0 spiro atoms. The first-order valence-corrected chi connectivity index (χ1v) is 7.35. The molecular weight excluding hydrogens is 276 g/mol. The number of hydrogen-bond donors (Lipinski definition) is 0. The number of pyridine rings is 1. The van der Waals surface area contributed by atoms with Gasteiger partial charge in [-0.15, -0.1) is 0 Å². The minimum Gasteiger partial charge on any atom is -0.356 e. The summed E-state index contributed by atoms with van der Waals surface area (Å²) in [6.07, 6.45) is 8.56. The Bertz CT molecular complexity index is 359. The predicted octanol–water partition coefficient (Wildman–Crippen LogP) is 4.25. The van der Waals surface area contributed by atoms with E-state index < -0.39 is 0 Å². The standard InChI is InChI=1S/C14H21BrN2/c1-3-11-6-8-12(9-7-11)17(2)14-13(15)5-4-10-16-14/h4-5,10-12H,3,6-9H2,1-2H3. The van der Waals surface area contributed by atoms with Crippen LogP contribution in [0.2, 0.25) is 0 Å². The summed E-state index contributed by atoms with van der Waals surface area (Å²) in [5.41, 5.74) is 0. The van der Waals surface area contributed by atoms with E-state index >= 15 is 0 Å². The van der Waals surface area contributed by atoms with Crippen molar-refractivity contribution in [2.24, 2.45) is 5.92 Å². The lowest BCUT2D eigenvalue weighted by atomic mass is 9.84. The highest BCUT2D eigenvalue weighted by molar-refractivity contribution is 9.10. The second-order valence-electron chi connectivity index (χ2n) is 5.00. The molecule has 1 fully saturated rings. The third-order valence-electron chi connectivity index (χ3n) is 4.01. The van der Waals surface area contributed by atoms with Gasteiger partial charge in [0.2, 0.25) is 0 Å². The highest BCUT2D eigenvalue weighted by Crippen LogP contribution is 2.32. The van der Waals surface area contributed by atoms with Gasteiger partial charge in [-0.05, 0) is 59.7 Å². The lowest BCUT2D eigenvalue weighted by Crippen LogP contribution is -2.35. The summed E-state index contributed by atoms with van der Waals surface area (Å²) in [6, 6.07) is 4.69. The van der Waals surface area contributed by atoms with E-state index in [1.807, 2.05) is 12.3 Å². The van der Waals surface area contributed by atoms with Crippen LogP contribution in [-0.2, 0) is 0 Å². The van der Waals surface area contributed by atoms with Gasteiger partial charge >= 0.3 is 0 Å². The van der Waals surface area contributed by atoms with Crippen LogP contribution < -0.4 is 4.90 Å². The Morgan fingerprint density at radius 2 is 2.06 bits per heavy atom. The first-order chi connectivity index (χ1) is 8.22. The molecule has 0 atom stereocenters. The van der Waals surface area contributed by atoms with Crippen molar-refractivity contribution in [1.82, 2.24) is 4.98 Å². The smallest absolute Gasteiger partial charge is 0.142 e. The van der Waals surface area contributed by atoms with Crippen LogP contribution in [0.5, 0.6) is 0 Å². The quantitative estimate of drug-likeness (QED) is 0.829. The Morgan fingerprint density at radius 3 is 2.65 bits per heavy atom. The van der Waals surface area contributed by atoms with E-state index in [-0.39, 0.29) is 0 Å².